The summed E-state index contributed by atoms with van der Waals surface area (Å²) in [4.78, 5) is 0.420. The average molecular weight is 279 g/mol. The van der Waals surface area contributed by atoms with Gasteiger partial charge in [-0.3, -0.25) is 0 Å². The van der Waals surface area contributed by atoms with Crippen molar-refractivity contribution in [1.82, 2.24) is 4.31 Å². The van der Waals surface area contributed by atoms with Crippen molar-refractivity contribution in [2.24, 2.45) is 0 Å². The van der Waals surface area contributed by atoms with Crippen molar-refractivity contribution >= 4 is 10.0 Å². The summed E-state index contributed by atoms with van der Waals surface area (Å²) in [7, 11) is -3.42. The maximum Gasteiger partial charge on any atom is 0.243 e. The molecule has 19 heavy (non-hydrogen) atoms. The Morgan fingerprint density at radius 3 is 2.53 bits per heavy atom. The summed E-state index contributed by atoms with van der Waals surface area (Å²) in [5.41, 5.74) is 0.801. The number of aryl methyl sites for hydroxylation is 1. The van der Waals surface area contributed by atoms with Crippen LogP contribution >= 0.6 is 0 Å². The SMILES string of the molecule is C=CCN(C1CCCC1)S(=O)(=O)c1ccccc1C. The van der Waals surface area contributed by atoms with Gasteiger partial charge in [0.05, 0.1) is 4.90 Å². The highest BCUT2D eigenvalue weighted by atomic mass is 32.2. The smallest absolute Gasteiger partial charge is 0.207 e. The van der Waals surface area contributed by atoms with E-state index in [1.807, 2.05) is 19.1 Å². The van der Waals surface area contributed by atoms with Gasteiger partial charge in [-0.05, 0) is 31.4 Å². The van der Waals surface area contributed by atoms with Crippen molar-refractivity contribution < 1.29 is 8.42 Å². The minimum Gasteiger partial charge on any atom is -0.207 e. The molecule has 0 aromatic heterocycles. The molecular weight excluding hydrogens is 258 g/mol. The molecule has 0 heterocycles. The summed E-state index contributed by atoms with van der Waals surface area (Å²) in [5.74, 6) is 0. The predicted molar refractivity (Wildman–Crippen MR) is 77.5 cm³/mol. The van der Waals surface area contributed by atoms with Gasteiger partial charge in [-0.2, -0.15) is 4.31 Å². The van der Waals surface area contributed by atoms with Gasteiger partial charge in [0.25, 0.3) is 0 Å². The van der Waals surface area contributed by atoms with Crippen LogP contribution in [0.5, 0.6) is 0 Å². The third kappa shape index (κ3) is 2.90. The summed E-state index contributed by atoms with van der Waals surface area (Å²) in [6.07, 6.45) is 5.81. The van der Waals surface area contributed by atoms with Crippen LogP contribution in [-0.2, 0) is 10.0 Å². The largest absolute Gasteiger partial charge is 0.243 e. The van der Waals surface area contributed by atoms with Crippen LogP contribution in [0, 0.1) is 6.92 Å². The first-order valence-electron chi connectivity index (χ1n) is 6.75. The van der Waals surface area contributed by atoms with Crippen LogP contribution in [0.25, 0.3) is 0 Å². The Hall–Kier alpha value is -1.13. The van der Waals surface area contributed by atoms with Gasteiger partial charge in [0.15, 0.2) is 0 Å². The summed E-state index contributed by atoms with van der Waals surface area (Å²) in [6, 6.07) is 7.30. The van der Waals surface area contributed by atoms with E-state index in [0.717, 1.165) is 31.2 Å². The third-order valence-electron chi connectivity index (χ3n) is 3.72. The lowest BCUT2D eigenvalue weighted by Gasteiger charge is -2.27. The average Bonchev–Trinajstić information content (AvgIpc) is 2.89. The van der Waals surface area contributed by atoms with Gasteiger partial charge in [0, 0.05) is 12.6 Å². The van der Waals surface area contributed by atoms with Crippen molar-refractivity contribution in [2.75, 3.05) is 6.54 Å². The second-order valence-corrected chi connectivity index (χ2v) is 6.93. The predicted octanol–water partition coefficient (Wildman–Crippen LogP) is 3.11. The van der Waals surface area contributed by atoms with E-state index < -0.39 is 10.0 Å². The zero-order chi connectivity index (χ0) is 13.9. The second-order valence-electron chi connectivity index (χ2n) is 5.07. The lowest BCUT2D eigenvalue weighted by atomic mass is 10.2. The lowest BCUT2D eigenvalue weighted by Crippen LogP contribution is -2.39. The molecule has 1 aromatic rings. The van der Waals surface area contributed by atoms with Crippen LogP contribution in [-0.4, -0.2) is 25.3 Å². The van der Waals surface area contributed by atoms with Crippen LogP contribution in [0.15, 0.2) is 41.8 Å². The molecule has 104 valence electrons. The molecular formula is C15H21NO2S. The number of rotatable bonds is 5. The van der Waals surface area contributed by atoms with E-state index in [2.05, 4.69) is 6.58 Å². The Labute approximate surface area is 116 Å². The highest BCUT2D eigenvalue weighted by Crippen LogP contribution is 2.29. The van der Waals surface area contributed by atoms with Crippen molar-refractivity contribution in [3.8, 4) is 0 Å². The van der Waals surface area contributed by atoms with E-state index >= 15 is 0 Å². The quantitative estimate of drug-likeness (QED) is 0.777. The zero-order valence-corrected chi connectivity index (χ0v) is 12.2. The van der Waals surface area contributed by atoms with Crippen LogP contribution in [0.2, 0.25) is 0 Å². The highest BCUT2D eigenvalue weighted by molar-refractivity contribution is 7.89. The fourth-order valence-corrected chi connectivity index (χ4v) is 4.62. The maximum atomic E-state index is 12.8. The molecule has 0 N–H and O–H groups in total. The van der Waals surface area contributed by atoms with Gasteiger partial charge in [-0.1, -0.05) is 37.1 Å². The maximum absolute atomic E-state index is 12.8. The molecule has 1 aromatic carbocycles. The molecule has 3 nitrogen and oxygen atoms in total. The van der Waals surface area contributed by atoms with Crippen molar-refractivity contribution in [3.05, 3.63) is 42.5 Å². The fraction of sp³-hybridized carbons (Fsp3) is 0.467. The first-order chi connectivity index (χ1) is 9.07. The summed E-state index contributed by atoms with van der Waals surface area (Å²) >= 11 is 0. The molecule has 2 rings (SSSR count). The van der Waals surface area contributed by atoms with Crippen molar-refractivity contribution in [2.45, 2.75) is 43.5 Å². The first kappa shape index (κ1) is 14.3. The van der Waals surface area contributed by atoms with Crippen LogP contribution < -0.4 is 0 Å². The second kappa shape index (κ2) is 5.88. The van der Waals surface area contributed by atoms with E-state index in [9.17, 15) is 8.42 Å². The van der Waals surface area contributed by atoms with Crippen molar-refractivity contribution in [1.29, 1.82) is 0 Å². The van der Waals surface area contributed by atoms with E-state index in [4.69, 9.17) is 0 Å². The Morgan fingerprint density at radius 1 is 1.32 bits per heavy atom. The monoisotopic (exact) mass is 279 g/mol. The summed E-state index contributed by atoms with van der Waals surface area (Å²) in [5, 5.41) is 0. The van der Waals surface area contributed by atoms with Gasteiger partial charge in [0.1, 0.15) is 0 Å². The molecule has 0 saturated heterocycles. The Morgan fingerprint density at radius 2 is 1.95 bits per heavy atom. The normalized spacial score (nSPS) is 16.9. The lowest BCUT2D eigenvalue weighted by molar-refractivity contribution is 0.347. The van der Waals surface area contributed by atoms with E-state index in [0.29, 0.717) is 11.4 Å². The molecule has 0 bridgehead atoms. The zero-order valence-electron chi connectivity index (χ0n) is 11.4. The van der Waals surface area contributed by atoms with Gasteiger partial charge in [-0.25, -0.2) is 8.42 Å². The minimum atomic E-state index is -3.42. The fourth-order valence-electron chi connectivity index (χ4n) is 2.74. The highest BCUT2D eigenvalue weighted by Gasteiger charge is 2.32. The number of sulfonamides is 1. The Kier molecular flexibility index (Phi) is 4.42. The van der Waals surface area contributed by atoms with Gasteiger partial charge in [-0.15, -0.1) is 6.58 Å². The minimum absolute atomic E-state index is 0.127. The van der Waals surface area contributed by atoms with E-state index in [1.54, 1.807) is 22.5 Å². The molecule has 4 heteroatoms. The molecule has 1 fully saturated rings. The van der Waals surface area contributed by atoms with Crippen LogP contribution in [0.4, 0.5) is 0 Å². The standard InChI is InChI=1S/C15H21NO2S/c1-3-12-16(14-9-5-6-10-14)19(17,18)15-11-7-4-8-13(15)2/h3-4,7-8,11,14H,1,5-6,9-10,12H2,2H3. The molecule has 0 unspecified atom stereocenters. The molecule has 1 aliphatic carbocycles. The van der Waals surface area contributed by atoms with Gasteiger partial charge >= 0.3 is 0 Å². The topological polar surface area (TPSA) is 37.4 Å². The summed E-state index contributed by atoms with van der Waals surface area (Å²) < 4.78 is 27.2. The van der Waals surface area contributed by atoms with Crippen LogP contribution in [0.3, 0.4) is 0 Å². The summed E-state index contributed by atoms with van der Waals surface area (Å²) in [6.45, 7) is 5.93. The number of hydrogen-bond acceptors (Lipinski definition) is 2. The van der Waals surface area contributed by atoms with Gasteiger partial charge in [0.2, 0.25) is 10.0 Å². The molecule has 0 amide bonds. The molecule has 0 spiro atoms. The van der Waals surface area contributed by atoms with Crippen molar-refractivity contribution in [3.63, 3.8) is 0 Å². The molecule has 1 saturated carbocycles. The Balaban J connectivity index is 2.39. The first-order valence-corrected chi connectivity index (χ1v) is 8.19. The van der Waals surface area contributed by atoms with E-state index in [1.165, 1.54) is 0 Å². The number of nitrogens with zero attached hydrogens (tertiary/aromatic N) is 1. The number of benzene rings is 1. The number of hydrogen-bond donors (Lipinski definition) is 0. The van der Waals surface area contributed by atoms with Gasteiger partial charge < -0.3 is 0 Å². The molecule has 0 aliphatic heterocycles. The van der Waals surface area contributed by atoms with Crippen LogP contribution in [0.1, 0.15) is 31.2 Å². The Bertz CT molecular complexity index is 545. The molecule has 0 radical (unpaired) electrons. The molecule has 1 aliphatic rings. The third-order valence-corrected chi connectivity index (χ3v) is 5.80. The molecule has 0 atom stereocenters. The van der Waals surface area contributed by atoms with E-state index in [-0.39, 0.29) is 6.04 Å².